The van der Waals surface area contributed by atoms with Gasteiger partial charge in [-0.05, 0) is 24.8 Å². The molecule has 21 heavy (non-hydrogen) atoms. The summed E-state index contributed by atoms with van der Waals surface area (Å²) in [6.45, 7) is 7.68. The minimum Gasteiger partial charge on any atom is -0.377 e. The first-order valence-electron chi connectivity index (χ1n) is 8.20. The van der Waals surface area contributed by atoms with Crippen LogP contribution in [0.4, 0.5) is 0 Å². The summed E-state index contributed by atoms with van der Waals surface area (Å²) in [5, 5.41) is 7.50. The summed E-state index contributed by atoms with van der Waals surface area (Å²) in [6, 6.07) is 1.43. The number of nitrogens with one attached hydrogen (secondary N) is 2. The lowest BCUT2D eigenvalue weighted by atomic mass is 9.76. The molecule has 3 unspecified atom stereocenters. The highest BCUT2D eigenvalue weighted by Gasteiger charge is 2.60. The van der Waals surface area contributed by atoms with Gasteiger partial charge < -0.3 is 23.9 Å². The summed E-state index contributed by atoms with van der Waals surface area (Å²) >= 11 is 0. The number of hydrogen-bond acceptors (Lipinski definition) is 5. The lowest BCUT2D eigenvalue weighted by Crippen LogP contribution is -2.67. The summed E-state index contributed by atoms with van der Waals surface area (Å²) in [5.74, 6) is 0. The molecule has 0 aromatic rings. The molecule has 0 spiro atoms. The summed E-state index contributed by atoms with van der Waals surface area (Å²) in [5.41, 5.74) is -0.152. The summed E-state index contributed by atoms with van der Waals surface area (Å²) in [4.78, 5) is 0. The lowest BCUT2D eigenvalue weighted by molar-refractivity contribution is -0.0734. The molecule has 2 aliphatic rings. The van der Waals surface area contributed by atoms with Gasteiger partial charge in [-0.25, -0.2) is 0 Å². The molecule has 5 nitrogen and oxygen atoms in total. The third-order valence-electron chi connectivity index (χ3n) is 5.70. The van der Waals surface area contributed by atoms with E-state index in [1.54, 1.807) is 14.2 Å². The van der Waals surface area contributed by atoms with E-state index in [1.807, 2.05) is 0 Å². The van der Waals surface area contributed by atoms with E-state index in [0.717, 1.165) is 55.2 Å². The predicted octanol–water partition coefficient (Wildman–Crippen LogP) is 0.283. The Hall–Kier alpha value is 0.234. The van der Waals surface area contributed by atoms with Crippen molar-refractivity contribution in [3.8, 4) is 0 Å². The molecule has 0 radical (unpaired) electrons. The van der Waals surface area contributed by atoms with Crippen molar-refractivity contribution in [2.24, 2.45) is 0 Å². The van der Waals surface area contributed by atoms with Crippen molar-refractivity contribution < 1.29 is 13.3 Å². The molecule has 7 heteroatoms. The maximum atomic E-state index is 6.63. The molecular weight excluding hydrogens is 300 g/mol. The van der Waals surface area contributed by atoms with Crippen LogP contribution < -0.4 is 10.6 Å². The largest absolute Gasteiger partial charge is 0.500 e. The van der Waals surface area contributed by atoms with Crippen LogP contribution in [0.1, 0.15) is 33.1 Å². The Bertz CT molecular complexity index is 351. The maximum Gasteiger partial charge on any atom is 0.500 e. The third-order valence-corrected chi connectivity index (χ3v) is 10.8. The molecule has 0 bridgehead atoms. The SMILES string of the molecule is CCCC1(C)O[Si](OC)(OC)CCC1([SiH3])C1CNCCN1. The van der Waals surface area contributed by atoms with Crippen LogP contribution in [-0.4, -0.2) is 64.5 Å². The second kappa shape index (κ2) is 6.78. The van der Waals surface area contributed by atoms with Crippen LogP contribution in [0.25, 0.3) is 0 Å². The van der Waals surface area contributed by atoms with Gasteiger partial charge in [-0.2, -0.15) is 0 Å². The van der Waals surface area contributed by atoms with Gasteiger partial charge in [0.1, 0.15) is 0 Å². The zero-order chi connectivity index (χ0) is 15.6. The van der Waals surface area contributed by atoms with Crippen LogP contribution in [0.15, 0.2) is 0 Å². The molecule has 2 aliphatic heterocycles. The smallest absolute Gasteiger partial charge is 0.377 e. The van der Waals surface area contributed by atoms with Gasteiger partial charge in [0, 0.05) is 56.2 Å². The standard InChI is InChI=1S/C14H32N2O3Si2/c1-5-6-13(2)14(20,12-11-15-8-9-16-12)7-10-21(17-3,18-4)19-13/h12,15-16H,5-11H2,1-4,20H3. The van der Waals surface area contributed by atoms with Gasteiger partial charge >= 0.3 is 8.80 Å². The van der Waals surface area contributed by atoms with Gasteiger partial charge in [0.15, 0.2) is 0 Å². The number of rotatable bonds is 5. The Morgan fingerprint density at radius 1 is 1.33 bits per heavy atom. The van der Waals surface area contributed by atoms with E-state index in [2.05, 4.69) is 24.5 Å². The molecule has 3 atom stereocenters. The Morgan fingerprint density at radius 3 is 2.57 bits per heavy atom. The zero-order valence-corrected chi connectivity index (χ0v) is 17.3. The van der Waals surface area contributed by atoms with Crippen molar-refractivity contribution in [2.45, 2.75) is 55.8 Å². The summed E-state index contributed by atoms with van der Waals surface area (Å²) in [7, 11) is 2.11. The molecule has 0 aliphatic carbocycles. The Labute approximate surface area is 133 Å². The number of hydrogen-bond donors (Lipinski definition) is 2. The third kappa shape index (κ3) is 3.15. The van der Waals surface area contributed by atoms with Crippen LogP contribution in [0.2, 0.25) is 11.1 Å². The van der Waals surface area contributed by atoms with Gasteiger partial charge in [-0.3, -0.25) is 0 Å². The minimum absolute atomic E-state index is 0.152. The predicted molar refractivity (Wildman–Crippen MR) is 90.9 cm³/mol. The van der Waals surface area contributed by atoms with E-state index in [9.17, 15) is 0 Å². The second-order valence-corrected chi connectivity index (χ2v) is 11.5. The normalized spacial score (nSPS) is 40.3. The topological polar surface area (TPSA) is 51.8 Å². The van der Waals surface area contributed by atoms with Crippen LogP contribution in [0, 0.1) is 0 Å². The lowest BCUT2D eigenvalue weighted by Gasteiger charge is -2.58. The van der Waals surface area contributed by atoms with Crippen molar-refractivity contribution in [1.82, 2.24) is 10.6 Å². The van der Waals surface area contributed by atoms with E-state index >= 15 is 0 Å². The first-order chi connectivity index (χ1) is 9.95. The van der Waals surface area contributed by atoms with E-state index < -0.39 is 8.80 Å². The van der Waals surface area contributed by atoms with Crippen LogP contribution in [-0.2, 0) is 13.3 Å². The molecule has 2 rings (SSSR count). The van der Waals surface area contributed by atoms with E-state index in [1.165, 1.54) is 0 Å². The van der Waals surface area contributed by atoms with Gasteiger partial charge in [0.2, 0.25) is 0 Å². The zero-order valence-electron chi connectivity index (χ0n) is 14.3. The highest BCUT2D eigenvalue weighted by atomic mass is 28.4. The molecule has 0 aromatic carbocycles. The van der Waals surface area contributed by atoms with Crippen molar-refractivity contribution >= 4 is 19.0 Å². The average molecular weight is 333 g/mol. The minimum atomic E-state index is -2.48. The van der Waals surface area contributed by atoms with Crippen LogP contribution in [0.5, 0.6) is 0 Å². The summed E-state index contributed by atoms with van der Waals surface area (Å²) < 4.78 is 18.1. The fourth-order valence-electron chi connectivity index (χ4n) is 4.02. The average Bonchev–Trinajstić information content (AvgIpc) is 2.51. The van der Waals surface area contributed by atoms with Crippen molar-refractivity contribution in [3.63, 3.8) is 0 Å². The summed E-state index contributed by atoms with van der Waals surface area (Å²) in [6.07, 6.45) is 3.33. The van der Waals surface area contributed by atoms with Gasteiger partial charge in [0.25, 0.3) is 0 Å². The Morgan fingerprint density at radius 2 is 2.05 bits per heavy atom. The fraction of sp³-hybridized carbons (Fsp3) is 1.00. The van der Waals surface area contributed by atoms with E-state index in [4.69, 9.17) is 13.3 Å². The van der Waals surface area contributed by atoms with Crippen LogP contribution in [0.3, 0.4) is 0 Å². The molecule has 2 fully saturated rings. The molecular formula is C14H32N2O3Si2. The molecule has 124 valence electrons. The monoisotopic (exact) mass is 332 g/mol. The van der Waals surface area contributed by atoms with Crippen molar-refractivity contribution in [2.75, 3.05) is 33.9 Å². The molecule has 2 saturated heterocycles. The van der Waals surface area contributed by atoms with Gasteiger partial charge in [-0.15, -0.1) is 0 Å². The molecule has 2 heterocycles. The van der Waals surface area contributed by atoms with Gasteiger partial charge in [-0.1, -0.05) is 13.3 Å². The Kier molecular flexibility index (Phi) is 5.68. The highest BCUT2D eigenvalue weighted by molar-refractivity contribution is 6.61. The number of piperazine rings is 1. The van der Waals surface area contributed by atoms with Gasteiger partial charge in [0.05, 0.1) is 5.60 Å². The molecule has 2 N–H and O–H groups in total. The van der Waals surface area contributed by atoms with E-state index in [-0.39, 0.29) is 10.6 Å². The maximum absolute atomic E-state index is 6.63. The second-order valence-electron chi connectivity index (χ2n) is 6.80. The van der Waals surface area contributed by atoms with Crippen molar-refractivity contribution in [1.29, 1.82) is 0 Å². The quantitative estimate of drug-likeness (QED) is 0.709. The van der Waals surface area contributed by atoms with Crippen LogP contribution >= 0.6 is 0 Å². The molecule has 0 amide bonds. The van der Waals surface area contributed by atoms with Crippen molar-refractivity contribution in [3.05, 3.63) is 0 Å². The molecule has 0 aromatic heterocycles. The fourth-order valence-corrected chi connectivity index (χ4v) is 8.42. The first kappa shape index (κ1) is 17.6. The van der Waals surface area contributed by atoms with E-state index in [0.29, 0.717) is 6.04 Å². The first-order valence-corrected chi connectivity index (χ1v) is 11.1. The molecule has 0 saturated carbocycles. The highest BCUT2D eigenvalue weighted by Crippen LogP contribution is 2.54. The Balaban J connectivity index is 2.27.